The van der Waals surface area contributed by atoms with E-state index in [0.29, 0.717) is 29.1 Å². The van der Waals surface area contributed by atoms with Gasteiger partial charge in [-0.1, -0.05) is 0 Å². The predicted molar refractivity (Wildman–Crippen MR) is 98.5 cm³/mol. The van der Waals surface area contributed by atoms with E-state index in [1.54, 1.807) is 17.3 Å². The highest BCUT2D eigenvalue weighted by atomic mass is 19.4. The van der Waals surface area contributed by atoms with E-state index in [-0.39, 0.29) is 6.04 Å². The van der Waals surface area contributed by atoms with Crippen LogP contribution in [0.2, 0.25) is 0 Å². The maximum Gasteiger partial charge on any atom is 0.433 e. The Hall–Kier alpha value is -3.17. The van der Waals surface area contributed by atoms with Gasteiger partial charge in [0.1, 0.15) is 5.69 Å². The lowest BCUT2D eigenvalue weighted by Crippen LogP contribution is -2.47. The molecule has 0 aliphatic carbocycles. The summed E-state index contributed by atoms with van der Waals surface area (Å²) in [5.74, 6) is 0. The summed E-state index contributed by atoms with van der Waals surface area (Å²) in [6.07, 6.45) is -4.58. The number of hydrogen-bond donors (Lipinski definition) is 1. The van der Waals surface area contributed by atoms with Crippen molar-refractivity contribution < 1.29 is 26.3 Å². The number of alkyl halides is 6. The van der Waals surface area contributed by atoms with Crippen LogP contribution in [0.4, 0.5) is 32.0 Å². The summed E-state index contributed by atoms with van der Waals surface area (Å²) in [6.45, 7) is 2.38. The third-order valence-electron chi connectivity index (χ3n) is 4.95. The van der Waals surface area contributed by atoms with Crippen molar-refractivity contribution in [3.05, 3.63) is 77.5 Å². The fourth-order valence-electron chi connectivity index (χ4n) is 3.48. The lowest BCUT2D eigenvalue weighted by atomic mass is 10.0. The summed E-state index contributed by atoms with van der Waals surface area (Å²) in [5, 5.41) is 1.81. The molecule has 0 amide bonds. The lowest BCUT2D eigenvalue weighted by molar-refractivity contribution is -0.141. The van der Waals surface area contributed by atoms with Crippen LogP contribution >= 0.6 is 0 Å². The number of hydrogen-bond acceptors (Lipinski definition) is 4. The molecule has 0 saturated carbocycles. The smallest absolute Gasteiger partial charge is 0.344 e. The number of nitrogens with zero attached hydrogens (tertiary/aromatic N) is 3. The van der Waals surface area contributed by atoms with Crippen LogP contribution in [0.5, 0.6) is 0 Å². The second-order valence-electron chi connectivity index (χ2n) is 7.04. The molecule has 30 heavy (non-hydrogen) atoms. The van der Waals surface area contributed by atoms with Gasteiger partial charge in [0.05, 0.1) is 17.3 Å². The minimum Gasteiger partial charge on any atom is -0.344 e. The third-order valence-corrected chi connectivity index (χ3v) is 4.95. The quantitative estimate of drug-likeness (QED) is 0.683. The van der Waals surface area contributed by atoms with Gasteiger partial charge in [-0.2, -0.15) is 26.3 Å². The Bertz CT molecular complexity index is 1010. The second-order valence-corrected chi connectivity index (χ2v) is 7.04. The fourth-order valence-corrected chi connectivity index (χ4v) is 3.48. The van der Waals surface area contributed by atoms with Crippen molar-refractivity contribution in [2.75, 3.05) is 11.4 Å². The molecule has 1 N–H and O–H groups in total. The Morgan fingerprint density at radius 1 is 1.00 bits per heavy atom. The summed E-state index contributed by atoms with van der Waals surface area (Å²) < 4.78 is 77.6. The molecule has 2 aromatic rings. The minimum atomic E-state index is -4.57. The van der Waals surface area contributed by atoms with Crippen molar-refractivity contribution in [2.24, 2.45) is 0 Å². The van der Waals surface area contributed by atoms with Gasteiger partial charge in [-0.05, 0) is 48.9 Å². The first kappa shape index (κ1) is 20.1. The molecule has 4 nitrogen and oxygen atoms in total. The molecular weight excluding hydrogens is 410 g/mol. The van der Waals surface area contributed by atoms with E-state index in [1.807, 2.05) is 11.9 Å². The molecule has 0 unspecified atom stereocenters. The van der Waals surface area contributed by atoms with E-state index in [1.165, 1.54) is 18.2 Å². The van der Waals surface area contributed by atoms with Gasteiger partial charge in [-0.15, -0.1) is 0 Å². The molecule has 0 saturated heterocycles. The van der Waals surface area contributed by atoms with E-state index >= 15 is 0 Å². The molecule has 0 bridgehead atoms. The number of hydrazine groups is 1. The van der Waals surface area contributed by atoms with Gasteiger partial charge in [0.2, 0.25) is 0 Å². The summed E-state index contributed by atoms with van der Waals surface area (Å²) in [5.41, 5.74) is 3.34. The maximum atomic E-state index is 13.0. The average Bonchev–Trinajstić information content (AvgIpc) is 3.11. The fraction of sp³-hybridized carbons (Fsp3) is 0.250. The number of fused-ring (bicyclic) bond motifs is 1. The molecule has 1 aromatic carbocycles. The van der Waals surface area contributed by atoms with Gasteiger partial charge in [-0.3, -0.25) is 9.99 Å². The molecule has 3 heterocycles. The first-order valence-corrected chi connectivity index (χ1v) is 8.99. The maximum absolute atomic E-state index is 13.0. The van der Waals surface area contributed by atoms with Crippen molar-refractivity contribution in [1.82, 2.24) is 15.4 Å². The van der Waals surface area contributed by atoms with E-state index in [4.69, 9.17) is 0 Å². The van der Waals surface area contributed by atoms with Gasteiger partial charge in [0, 0.05) is 36.4 Å². The zero-order valence-corrected chi connectivity index (χ0v) is 15.6. The van der Waals surface area contributed by atoms with Crippen LogP contribution in [0.15, 0.2) is 60.7 Å². The summed E-state index contributed by atoms with van der Waals surface area (Å²) in [4.78, 5) is 5.16. The number of pyridine rings is 1. The van der Waals surface area contributed by atoms with Crippen molar-refractivity contribution in [3.63, 3.8) is 0 Å². The Kier molecular flexibility index (Phi) is 4.67. The number of halogens is 6. The van der Waals surface area contributed by atoms with Crippen LogP contribution in [-0.4, -0.2) is 22.6 Å². The number of allylic oxidation sites excluding steroid dienone is 1. The predicted octanol–water partition coefficient (Wildman–Crippen LogP) is 5.03. The van der Waals surface area contributed by atoms with Crippen LogP contribution in [0.3, 0.4) is 0 Å². The zero-order chi connectivity index (χ0) is 21.7. The Balaban J connectivity index is 1.67. The zero-order valence-electron chi connectivity index (χ0n) is 15.6. The summed E-state index contributed by atoms with van der Waals surface area (Å²) in [6, 6.07) is 7.13. The van der Waals surface area contributed by atoms with Crippen LogP contribution in [0, 0.1) is 0 Å². The molecule has 1 atom stereocenters. The number of anilines is 1. The molecule has 4 rings (SSSR count). The molecule has 2 aliphatic rings. The first-order valence-electron chi connectivity index (χ1n) is 8.99. The second kappa shape index (κ2) is 6.96. The van der Waals surface area contributed by atoms with Crippen molar-refractivity contribution in [3.8, 4) is 0 Å². The highest BCUT2D eigenvalue weighted by Gasteiger charge is 2.35. The van der Waals surface area contributed by atoms with Gasteiger partial charge in [-0.25, -0.2) is 0 Å². The molecule has 1 aromatic heterocycles. The standard InChI is InChI=1S/C20H16F6N4/c1-12-10-29(15-4-2-14(3-5-15)19(21,22)23)11-17-16(9-28-30(12)17)13-6-7-27-18(8-13)20(24,25)26/h2-9,11-12,28H,10H2,1H3/t12-/m0/s1. The summed E-state index contributed by atoms with van der Waals surface area (Å²) in [7, 11) is 0. The van der Waals surface area contributed by atoms with Crippen LogP contribution < -0.4 is 10.3 Å². The highest BCUT2D eigenvalue weighted by molar-refractivity contribution is 5.81. The average molecular weight is 426 g/mol. The van der Waals surface area contributed by atoms with E-state index in [9.17, 15) is 26.3 Å². The Morgan fingerprint density at radius 2 is 1.70 bits per heavy atom. The Labute approximate surface area is 168 Å². The summed E-state index contributed by atoms with van der Waals surface area (Å²) >= 11 is 0. The Morgan fingerprint density at radius 3 is 2.33 bits per heavy atom. The van der Waals surface area contributed by atoms with E-state index in [0.717, 1.165) is 24.4 Å². The molecule has 10 heteroatoms. The van der Waals surface area contributed by atoms with E-state index in [2.05, 4.69) is 10.4 Å². The van der Waals surface area contributed by atoms with Gasteiger partial charge < -0.3 is 10.3 Å². The highest BCUT2D eigenvalue weighted by Crippen LogP contribution is 2.37. The van der Waals surface area contributed by atoms with Gasteiger partial charge in [0.15, 0.2) is 0 Å². The lowest BCUT2D eigenvalue weighted by Gasteiger charge is -2.38. The van der Waals surface area contributed by atoms with Crippen LogP contribution in [0.25, 0.3) is 5.57 Å². The number of benzene rings is 1. The van der Waals surface area contributed by atoms with Crippen LogP contribution in [-0.2, 0) is 12.4 Å². The number of aromatic nitrogens is 1. The number of rotatable bonds is 2. The van der Waals surface area contributed by atoms with Crippen molar-refractivity contribution in [1.29, 1.82) is 0 Å². The van der Waals surface area contributed by atoms with Crippen molar-refractivity contribution >= 4 is 11.3 Å². The first-order chi connectivity index (χ1) is 14.0. The number of nitrogens with one attached hydrogen (secondary N) is 1. The topological polar surface area (TPSA) is 31.4 Å². The normalized spacial score (nSPS) is 19.2. The van der Waals surface area contributed by atoms with Gasteiger partial charge >= 0.3 is 12.4 Å². The SMILES string of the molecule is C[C@H]1CN(c2ccc(C(F)(F)F)cc2)C=C2C(c3ccnc(C(F)(F)F)c3)=CNN21. The molecule has 2 aliphatic heterocycles. The molecule has 0 radical (unpaired) electrons. The minimum absolute atomic E-state index is 0.0926. The molecular formula is C20H16F6N4. The largest absolute Gasteiger partial charge is 0.433 e. The third kappa shape index (κ3) is 3.69. The molecule has 0 fully saturated rings. The monoisotopic (exact) mass is 426 g/mol. The van der Waals surface area contributed by atoms with E-state index < -0.39 is 23.6 Å². The van der Waals surface area contributed by atoms with Crippen LogP contribution in [0.1, 0.15) is 23.7 Å². The van der Waals surface area contributed by atoms with Gasteiger partial charge in [0.25, 0.3) is 0 Å². The van der Waals surface area contributed by atoms with Crippen molar-refractivity contribution in [2.45, 2.75) is 25.3 Å². The molecule has 158 valence electrons. The molecule has 0 spiro atoms.